The van der Waals surface area contributed by atoms with Crippen molar-refractivity contribution in [3.63, 3.8) is 0 Å². The number of nitrogens with zero attached hydrogens (tertiary/aromatic N) is 4. The molecule has 0 atom stereocenters. The number of hydrogen-bond donors (Lipinski definition) is 3. The van der Waals surface area contributed by atoms with E-state index in [1.54, 1.807) is 36.7 Å². The van der Waals surface area contributed by atoms with E-state index in [1.807, 2.05) is 31.1 Å². The standard InChI is InChI=1S/C25H27F2N7O/c1-33(2)14-16-9-18(12-30-11-16)17-3-5-21(28)20(10-17)23(29)24(35)32-19-4-6-22(31-13-19)34-8-7-25(26,27)15-34/h3-6,9-13,29H,7-8,14-15,28H2,1-2H3,(H,32,35). The van der Waals surface area contributed by atoms with Gasteiger partial charge in [0.2, 0.25) is 0 Å². The summed E-state index contributed by atoms with van der Waals surface area (Å²) in [5.41, 5.74) is 9.40. The van der Waals surface area contributed by atoms with Gasteiger partial charge in [-0.2, -0.15) is 0 Å². The largest absolute Gasteiger partial charge is 0.398 e. The number of anilines is 3. The summed E-state index contributed by atoms with van der Waals surface area (Å²) in [6.45, 7) is 0.576. The maximum Gasteiger partial charge on any atom is 0.274 e. The van der Waals surface area contributed by atoms with Crippen molar-refractivity contribution in [3.8, 4) is 11.1 Å². The minimum absolute atomic E-state index is 0.208. The van der Waals surface area contributed by atoms with Crippen LogP contribution in [0.3, 0.4) is 0 Å². The van der Waals surface area contributed by atoms with Gasteiger partial charge >= 0.3 is 0 Å². The van der Waals surface area contributed by atoms with E-state index in [4.69, 9.17) is 11.1 Å². The lowest BCUT2D eigenvalue weighted by atomic mass is 9.99. The topological polar surface area (TPSA) is 111 Å². The van der Waals surface area contributed by atoms with Gasteiger partial charge in [-0.3, -0.25) is 15.2 Å². The van der Waals surface area contributed by atoms with Crippen molar-refractivity contribution in [2.24, 2.45) is 0 Å². The highest BCUT2D eigenvalue weighted by Crippen LogP contribution is 2.30. The van der Waals surface area contributed by atoms with E-state index in [1.165, 1.54) is 11.1 Å². The summed E-state index contributed by atoms with van der Waals surface area (Å²) in [5, 5.41) is 11.0. The van der Waals surface area contributed by atoms with Gasteiger partial charge < -0.3 is 20.9 Å². The lowest BCUT2D eigenvalue weighted by molar-refractivity contribution is -0.110. The third-order valence-corrected chi connectivity index (χ3v) is 5.68. The number of halogens is 2. The summed E-state index contributed by atoms with van der Waals surface area (Å²) in [6.07, 6.45) is 4.70. The lowest BCUT2D eigenvalue weighted by Gasteiger charge is -2.17. The summed E-state index contributed by atoms with van der Waals surface area (Å²) in [5.74, 6) is -2.96. The molecule has 1 fully saturated rings. The Bertz CT molecular complexity index is 1240. The van der Waals surface area contributed by atoms with Crippen molar-refractivity contribution in [3.05, 3.63) is 66.1 Å². The lowest BCUT2D eigenvalue weighted by Crippen LogP contribution is -2.26. The fourth-order valence-corrected chi connectivity index (χ4v) is 3.94. The molecule has 1 amide bonds. The van der Waals surface area contributed by atoms with Crippen LogP contribution in [0.4, 0.5) is 26.0 Å². The molecule has 182 valence electrons. The summed E-state index contributed by atoms with van der Waals surface area (Å²) in [4.78, 5) is 24.8. The maximum absolute atomic E-state index is 13.5. The fourth-order valence-electron chi connectivity index (χ4n) is 3.94. The fraction of sp³-hybridized carbons (Fsp3) is 0.280. The predicted octanol–water partition coefficient (Wildman–Crippen LogP) is 3.64. The van der Waals surface area contributed by atoms with E-state index in [-0.39, 0.29) is 25.2 Å². The van der Waals surface area contributed by atoms with Crippen molar-refractivity contribution in [1.82, 2.24) is 14.9 Å². The molecule has 1 saturated heterocycles. The van der Waals surface area contributed by atoms with Gasteiger partial charge in [-0.1, -0.05) is 6.07 Å². The summed E-state index contributed by atoms with van der Waals surface area (Å²) in [6, 6.07) is 10.3. The molecule has 0 unspecified atom stereocenters. The van der Waals surface area contributed by atoms with Crippen molar-refractivity contribution in [1.29, 1.82) is 5.41 Å². The van der Waals surface area contributed by atoms with E-state index in [2.05, 4.69) is 15.3 Å². The number of nitrogen functional groups attached to an aromatic ring is 1. The Labute approximate surface area is 202 Å². The Morgan fingerprint density at radius 3 is 2.63 bits per heavy atom. The molecule has 1 aromatic carbocycles. The van der Waals surface area contributed by atoms with Crippen LogP contribution in [0, 0.1) is 5.41 Å². The minimum atomic E-state index is -2.72. The number of benzene rings is 1. The number of carbonyl (C=O) groups is 1. The molecular formula is C25H27F2N7O. The number of rotatable bonds is 7. The first kappa shape index (κ1) is 24.2. The van der Waals surface area contributed by atoms with Crippen LogP contribution < -0.4 is 16.0 Å². The number of alkyl halides is 2. The molecule has 0 spiro atoms. The Kier molecular flexibility index (Phi) is 6.74. The second-order valence-corrected chi connectivity index (χ2v) is 8.88. The van der Waals surface area contributed by atoms with Gasteiger partial charge in [-0.25, -0.2) is 13.8 Å². The van der Waals surface area contributed by atoms with Crippen LogP contribution in [0.15, 0.2) is 55.0 Å². The van der Waals surface area contributed by atoms with Gasteiger partial charge in [0.15, 0.2) is 0 Å². The summed E-state index contributed by atoms with van der Waals surface area (Å²) in [7, 11) is 3.95. The molecule has 35 heavy (non-hydrogen) atoms. The third kappa shape index (κ3) is 5.78. The smallest absolute Gasteiger partial charge is 0.274 e. The molecule has 3 aromatic rings. The molecule has 0 bridgehead atoms. The van der Waals surface area contributed by atoms with E-state index < -0.39 is 11.8 Å². The Morgan fingerprint density at radius 2 is 1.97 bits per heavy atom. The number of nitrogens with two attached hydrogens (primary N) is 1. The van der Waals surface area contributed by atoms with E-state index in [9.17, 15) is 13.6 Å². The highest BCUT2D eigenvalue weighted by atomic mass is 19.3. The van der Waals surface area contributed by atoms with Gasteiger partial charge in [-0.05, 0) is 55.6 Å². The first-order valence-corrected chi connectivity index (χ1v) is 11.1. The van der Waals surface area contributed by atoms with Gasteiger partial charge in [0.1, 0.15) is 11.5 Å². The highest BCUT2D eigenvalue weighted by molar-refractivity contribution is 6.48. The quantitative estimate of drug-likeness (QED) is 0.352. The molecule has 4 rings (SSSR count). The zero-order valence-electron chi connectivity index (χ0n) is 19.6. The molecule has 1 aliphatic heterocycles. The molecule has 0 radical (unpaired) electrons. The zero-order chi connectivity index (χ0) is 25.2. The Morgan fingerprint density at radius 1 is 1.17 bits per heavy atom. The number of nitrogens with one attached hydrogen (secondary N) is 2. The predicted molar refractivity (Wildman–Crippen MR) is 133 cm³/mol. The molecule has 10 heteroatoms. The van der Waals surface area contributed by atoms with Gasteiger partial charge in [-0.15, -0.1) is 0 Å². The first-order chi connectivity index (χ1) is 16.6. The average Bonchev–Trinajstić information content (AvgIpc) is 3.18. The van der Waals surface area contributed by atoms with Gasteiger partial charge in [0.05, 0.1) is 18.4 Å². The van der Waals surface area contributed by atoms with Crippen LogP contribution in [0.25, 0.3) is 11.1 Å². The SMILES string of the molecule is CN(C)Cc1cncc(-c2ccc(N)c(C(=N)C(=O)Nc3ccc(N4CCC(F)(F)C4)nc3)c2)c1. The number of pyridine rings is 2. The number of aromatic nitrogens is 2. The average molecular weight is 480 g/mol. The molecule has 2 aromatic heterocycles. The molecule has 1 aliphatic rings. The normalized spacial score (nSPS) is 14.8. The van der Waals surface area contributed by atoms with E-state index in [0.29, 0.717) is 22.8 Å². The number of amides is 1. The molecular weight excluding hydrogens is 452 g/mol. The monoisotopic (exact) mass is 479 g/mol. The molecule has 8 nitrogen and oxygen atoms in total. The van der Waals surface area contributed by atoms with Crippen LogP contribution in [-0.4, -0.2) is 59.6 Å². The van der Waals surface area contributed by atoms with Gasteiger partial charge in [0.25, 0.3) is 11.8 Å². The third-order valence-electron chi connectivity index (χ3n) is 5.68. The van der Waals surface area contributed by atoms with Crippen LogP contribution >= 0.6 is 0 Å². The minimum Gasteiger partial charge on any atom is -0.398 e. The van der Waals surface area contributed by atoms with E-state index in [0.717, 1.165) is 23.2 Å². The number of carbonyl (C=O) groups excluding carboxylic acids is 1. The van der Waals surface area contributed by atoms with Crippen LogP contribution in [0.1, 0.15) is 17.5 Å². The second kappa shape index (κ2) is 9.75. The van der Waals surface area contributed by atoms with Crippen molar-refractivity contribution in [2.45, 2.75) is 18.9 Å². The first-order valence-electron chi connectivity index (χ1n) is 11.1. The Hall–Kier alpha value is -3.92. The highest BCUT2D eigenvalue weighted by Gasteiger charge is 2.38. The molecule has 4 N–H and O–H groups in total. The molecule has 0 aliphatic carbocycles. The second-order valence-electron chi connectivity index (χ2n) is 8.88. The summed E-state index contributed by atoms with van der Waals surface area (Å²) >= 11 is 0. The molecule has 3 heterocycles. The zero-order valence-corrected chi connectivity index (χ0v) is 19.6. The Balaban J connectivity index is 1.48. The van der Waals surface area contributed by atoms with Crippen molar-refractivity contribution in [2.75, 3.05) is 43.1 Å². The van der Waals surface area contributed by atoms with Gasteiger partial charge in [0, 0.05) is 48.7 Å². The van der Waals surface area contributed by atoms with Crippen molar-refractivity contribution >= 4 is 28.8 Å². The van der Waals surface area contributed by atoms with Crippen LogP contribution in [-0.2, 0) is 11.3 Å². The molecule has 0 saturated carbocycles. The van der Waals surface area contributed by atoms with Crippen molar-refractivity contribution < 1.29 is 13.6 Å². The van der Waals surface area contributed by atoms with Crippen LogP contribution in [0.2, 0.25) is 0 Å². The number of hydrogen-bond acceptors (Lipinski definition) is 7. The van der Waals surface area contributed by atoms with E-state index >= 15 is 0 Å². The van der Waals surface area contributed by atoms with Crippen LogP contribution in [0.5, 0.6) is 0 Å². The summed E-state index contributed by atoms with van der Waals surface area (Å²) < 4.78 is 26.9. The maximum atomic E-state index is 13.5.